The van der Waals surface area contributed by atoms with Crippen LogP contribution in [-0.2, 0) is 6.54 Å². The lowest BCUT2D eigenvalue weighted by molar-refractivity contribution is 0.638. The first-order valence-electron chi connectivity index (χ1n) is 5.20. The third kappa shape index (κ3) is 3.08. The number of hydrogen-bond donors (Lipinski definition) is 1. The number of rotatable bonds is 4. The zero-order chi connectivity index (χ0) is 12.1. The fourth-order valence-corrected chi connectivity index (χ4v) is 1.98. The molecule has 0 saturated carbocycles. The number of nitrogens with zero attached hydrogens (tertiary/aromatic N) is 3. The second-order valence-electron chi connectivity index (χ2n) is 3.50. The number of nitrogens with one attached hydrogen (secondary N) is 1. The van der Waals surface area contributed by atoms with Gasteiger partial charge in [0, 0.05) is 29.1 Å². The van der Waals surface area contributed by atoms with Crippen molar-refractivity contribution in [1.82, 2.24) is 9.78 Å². The molecule has 4 nitrogen and oxygen atoms in total. The molecule has 1 aromatic carbocycles. The van der Waals surface area contributed by atoms with Gasteiger partial charge in [-0.1, -0.05) is 0 Å². The van der Waals surface area contributed by atoms with Crippen molar-refractivity contribution in [1.29, 1.82) is 5.26 Å². The summed E-state index contributed by atoms with van der Waals surface area (Å²) in [5.41, 5.74) is 1.63. The highest BCUT2D eigenvalue weighted by molar-refractivity contribution is 9.10. The van der Waals surface area contributed by atoms with Gasteiger partial charge >= 0.3 is 0 Å². The van der Waals surface area contributed by atoms with Gasteiger partial charge in [0.25, 0.3) is 0 Å². The molecule has 17 heavy (non-hydrogen) atoms. The molecule has 0 unspecified atom stereocenters. The topological polar surface area (TPSA) is 53.6 Å². The minimum atomic E-state index is 0.648. The number of anilines is 1. The van der Waals surface area contributed by atoms with Crippen LogP contribution in [0.3, 0.4) is 0 Å². The van der Waals surface area contributed by atoms with Crippen LogP contribution in [0.5, 0.6) is 0 Å². The molecular weight excluding hydrogens is 280 g/mol. The number of halogens is 1. The fourth-order valence-electron chi connectivity index (χ4n) is 1.47. The normalized spacial score (nSPS) is 9.88. The summed E-state index contributed by atoms with van der Waals surface area (Å²) in [5, 5.41) is 16.2. The Kier molecular flexibility index (Phi) is 3.78. The number of aromatic nitrogens is 2. The third-order valence-electron chi connectivity index (χ3n) is 2.31. The van der Waals surface area contributed by atoms with Gasteiger partial charge in [-0.2, -0.15) is 10.4 Å². The molecule has 1 heterocycles. The summed E-state index contributed by atoms with van der Waals surface area (Å²) in [6.07, 6.45) is 3.69. The van der Waals surface area contributed by atoms with Crippen LogP contribution in [-0.4, -0.2) is 16.3 Å². The molecule has 0 amide bonds. The molecule has 0 saturated heterocycles. The predicted molar refractivity (Wildman–Crippen MR) is 69.6 cm³/mol. The smallest absolute Gasteiger partial charge is 0.0992 e. The molecule has 0 aliphatic carbocycles. The van der Waals surface area contributed by atoms with Crippen LogP contribution >= 0.6 is 15.9 Å². The van der Waals surface area contributed by atoms with E-state index < -0.39 is 0 Å². The maximum atomic E-state index is 8.75. The Labute approximate surface area is 108 Å². The van der Waals surface area contributed by atoms with Crippen LogP contribution in [0.15, 0.2) is 41.1 Å². The summed E-state index contributed by atoms with van der Waals surface area (Å²) in [4.78, 5) is 0. The van der Waals surface area contributed by atoms with Crippen LogP contribution in [0.1, 0.15) is 5.56 Å². The lowest BCUT2D eigenvalue weighted by atomic mass is 10.2. The first-order chi connectivity index (χ1) is 8.29. The molecule has 0 atom stereocenters. The van der Waals surface area contributed by atoms with Gasteiger partial charge in [-0.15, -0.1) is 0 Å². The molecule has 0 radical (unpaired) electrons. The molecule has 0 fully saturated rings. The van der Waals surface area contributed by atoms with Crippen LogP contribution in [0, 0.1) is 11.3 Å². The summed E-state index contributed by atoms with van der Waals surface area (Å²) in [5.74, 6) is 0. The molecule has 0 aliphatic rings. The van der Waals surface area contributed by atoms with Gasteiger partial charge in [-0.25, -0.2) is 0 Å². The lowest BCUT2D eigenvalue weighted by Gasteiger charge is -2.08. The van der Waals surface area contributed by atoms with E-state index in [2.05, 4.69) is 32.4 Å². The Morgan fingerprint density at radius 2 is 2.35 bits per heavy atom. The zero-order valence-corrected chi connectivity index (χ0v) is 10.7. The van der Waals surface area contributed by atoms with Gasteiger partial charge in [-0.05, 0) is 40.2 Å². The molecule has 1 aromatic heterocycles. The van der Waals surface area contributed by atoms with Crippen LogP contribution in [0.4, 0.5) is 5.69 Å². The van der Waals surface area contributed by atoms with Crippen molar-refractivity contribution < 1.29 is 0 Å². The Hall–Kier alpha value is -1.80. The Morgan fingerprint density at radius 3 is 3.00 bits per heavy atom. The Balaban J connectivity index is 1.93. The molecule has 2 aromatic rings. The van der Waals surface area contributed by atoms with E-state index in [1.165, 1.54) is 0 Å². The first-order valence-corrected chi connectivity index (χ1v) is 6.00. The second kappa shape index (κ2) is 5.51. The molecule has 2 rings (SSSR count). The van der Waals surface area contributed by atoms with Gasteiger partial charge < -0.3 is 5.32 Å². The van der Waals surface area contributed by atoms with Crippen molar-refractivity contribution >= 4 is 21.6 Å². The van der Waals surface area contributed by atoms with Crippen LogP contribution in [0.25, 0.3) is 0 Å². The zero-order valence-electron chi connectivity index (χ0n) is 9.10. The summed E-state index contributed by atoms with van der Waals surface area (Å²) in [6, 6.07) is 9.49. The van der Waals surface area contributed by atoms with Gasteiger partial charge in [0.1, 0.15) is 0 Å². The van der Waals surface area contributed by atoms with E-state index in [1.807, 2.05) is 23.0 Å². The first kappa shape index (κ1) is 11.7. The third-order valence-corrected chi connectivity index (χ3v) is 2.97. The molecule has 0 aliphatic heterocycles. The maximum Gasteiger partial charge on any atom is 0.0992 e. The van der Waals surface area contributed by atoms with E-state index in [0.717, 1.165) is 23.2 Å². The largest absolute Gasteiger partial charge is 0.382 e. The average molecular weight is 291 g/mol. The molecule has 5 heteroatoms. The van der Waals surface area contributed by atoms with Gasteiger partial charge in [0.15, 0.2) is 0 Å². The number of nitriles is 1. The van der Waals surface area contributed by atoms with E-state index in [1.54, 1.807) is 18.3 Å². The van der Waals surface area contributed by atoms with E-state index in [0.29, 0.717) is 5.56 Å². The summed E-state index contributed by atoms with van der Waals surface area (Å²) in [6.45, 7) is 1.59. The summed E-state index contributed by atoms with van der Waals surface area (Å²) >= 11 is 3.43. The minimum absolute atomic E-state index is 0.648. The SMILES string of the molecule is N#Cc1ccc(NCCn2cccn2)c(Br)c1. The molecular formula is C12H11BrN4. The van der Waals surface area contributed by atoms with Crippen molar-refractivity contribution in [3.8, 4) is 6.07 Å². The van der Waals surface area contributed by atoms with Crippen molar-refractivity contribution in [2.75, 3.05) is 11.9 Å². The number of benzene rings is 1. The van der Waals surface area contributed by atoms with Crippen molar-refractivity contribution in [3.63, 3.8) is 0 Å². The van der Waals surface area contributed by atoms with E-state index in [4.69, 9.17) is 5.26 Å². The van der Waals surface area contributed by atoms with Gasteiger partial charge in [0.05, 0.1) is 18.2 Å². The predicted octanol–water partition coefficient (Wildman–Crippen LogP) is 2.63. The highest BCUT2D eigenvalue weighted by Crippen LogP contribution is 2.23. The Bertz CT molecular complexity index is 528. The monoisotopic (exact) mass is 290 g/mol. The second-order valence-corrected chi connectivity index (χ2v) is 4.36. The van der Waals surface area contributed by atoms with Crippen molar-refractivity contribution in [3.05, 3.63) is 46.7 Å². The van der Waals surface area contributed by atoms with Crippen LogP contribution < -0.4 is 5.32 Å². The summed E-state index contributed by atoms with van der Waals surface area (Å²) in [7, 11) is 0. The summed E-state index contributed by atoms with van der Waals surface area (Å²) < 4.78 is 2.77. The minimum Gasteiger partial charge on any atom is -0.382 e. The number of hydrogen-bond acceptors (Lipinski definition) is 3. The molecule has 0 bridgehead atoms. The fraction of sp³-hybridized carbons (Fsp3) is 0.167. The van der Waals surface area contributed by atoms with Crippen LogP contribution in [0.2, 0.25) is 0 Å². The van der Waals surface area contributed by atoms with Gasteiger partial charge in [0.2, 0.25) is 0 Å². The quantitative estimate of drug-likeness (QED) is 0.942. The van der Waals surface area contributed by atoms with E-state index in [9.17, 15) is 0 Å². The van der Waals surface area contributed by atoms with Crippen molar-refractivity contribution in [2.24, 2.45) is 0 Å². The maximum absolute atomic E-state index is 8.75. The lowest BCUT2D eigenvalue weighted by Crippen LogP contribution is -2.11. The van der Waals surface area contributed by atoms with Gasteiger partial charge in [-0.3, -0.25) is 4.68 Å². The Morgan fingerprint density at radius 1 is 1.47 bits per heavy atom. The average Bonchev–Trinajstić information content (AvgIpc) is 2.84. The highest BCUT2D eigenvalue weighted by atomic mass is 79.9. The molecule has 1 N–H and O–H groups in total. The van der Waals surface area contributed by atoms with Crippen molar-refractivity contribution in [2.45, 2.75) is 6.54 Å². The molecule has 0 spiro atoms. The van der Waals surface area contributed by atoms with E-state index in [-0.39, 0.29) is 0 Å². The molecule has 86 valence electrons. The van der Waals surface area contributed by atoms with E-state index >= 15 is 0 Å². The highest BCUT2D eigenvalue weighted by Gasteiger charge is 2.00. The standard InChI is InChI=1S/C12H11BrN4/c13-11-8-10(9-14)2-3-12(11)15-5-7-17-6-1-4-16-17/h1-4,6,8,15H,5,7H2.